The summed E-state index contributed by atoms with van der Waals surface area (Å²) in [6.07, 6.45) is 6.87. The molecule has 0 aliphatic carbocycles. The van der Waals surface area contributed by atoms with Crippen LogP contribution in [0.1, 0.15) is 73.5 Å². The number of carbonyl (C=O) groups is 1. The summed E-state index contributed by atoms with van der Waals surface area (Å²) < 4.78 is 17.6. The van der Waals surface area contributed by atoms with Gasteiger partial charge >= 0.3 is 5.97 Å². The maximum absolute atomic E-state index is 12.7. The number of nitrogens with zero attached hydrogens (tertiary/aromatic N) is 2. The summed E-state index contributed by atoms with van der Waals surface area (Å²) in [5.41, 5.74) is 2.63. The molecular formula is C29H32N2O4. The highest BCUT2D eigenvalue weighted by atomic mass is 16.5. The first-order valence-electron chi connectivity index (χ1n) is 12.5. The molecule has 2 aromatic heterocycles. The zero-order valence-electron chi connectivity index (χ0n) is 20.5. The standard InChI is InChI=1S/C29H32N2O4/c1-3-5-6-7-14-19-23-25(30-27(34-23)22-17-12-9-13-18-22)28-31-26(29(32)33-4-2)24(35-28)20-21-15-10-8-11-16-21/h8-13,15-18H,3-7,14,19-20H2,1-2H3. The van der Waals surface area contributed by atoms with Gasteiger partial charge in [-0.05, 0) is 31.0 Å². The number of oxazole rings is 2. The van der Waals surface area contributed by atoms with Gasteiger partial charge in [0, 0.05) is 18.4 Å². The summed E-state index contributed by atoms with van der Waals surface area (Å²) in [6.45, 7) is 4.24. The number of hydrogen-bond donors (Lipinski definition) is 0. The highest BCUT2D eigenvalue weighted by molar-refractivity contribution is 5.89. The molecule has 2 heterocycles. The van der Waals surface area contributed by atoms with Gasteiger partial charge in [0.2, 0.25) is 11.8 Å². The van der Waals surface area contributed by atoms with Crippen LogP contribution in [-0.2, 0) is 17.6 Å². The molecule has 2 aromatic carbocycles. The molecular weight excluding hydrogens is 440 g/mol. The lowest BCUT2D eigenvalue weighted by atomic mass is 10.1. The average molecular weight is 473 g/mol. The highest BCUT2D eigenvalue weighted by Gasteiger charge is 2.26. The van der Waals surface area contributed by atoms with Crippen LogP contribution in [0.2, 0.25) is 0 Å². The number of aromatic nitrogens is 2. The van der Waals surface area contributed by atoms with Gasteiger partial charge in [-0.1, -0.05) is 81.1 Å². The van der Waals surface area contributed by atoms with Gasteiger partial charge in [-0.15, -0.1) is 0 Å². The molecule has 0 radical (unpaired) electrons. The minimum atomic E-state index is -0.499. The van der Waals surface area contributed by atoms with Crippen LogP contribution in [0.4, 0.5) is 0 Å². The summed E-state index contributed by atoms with van der Waals surface area (Å²) in [7, 11) is 0. The van der Waals surface area contributed by atoms with Gasteiger partial charge in [0.15, 0.2) is 11.4 Å². The Hall–Kier alpha value is -3.67. The number of carbonyl (C=O) groups excluding carboxylic acids is 1. The van der Waals surface area contributed by atoms with Crippen molar-refractivity contribution in [1.82, 2.24) is 9.97 Å². The summed E-state index contributed by atoms with van der Waals surface area (Å²) in [5, 5.41) is 0. The summed E-state index contributed by atoms with van der Waals surface area (Å²) in [5.74, 6) is 1.49. The molecule has 0 atom stereocenters. The Kier molecular flexibility index (Phi) is 8.49. The van der Waals surface area contributed by atoms with Crippen molar-refractivity contribution in [3.05, 3.63) is 83.4 Å². The van der Waals surface area contributed by atoms with Gasteiger partial charge in [0.05, 0.1) is 6.61 Å². The van der Waals surface area contributed by atoms with Crippen LogP contribution in [0.3, 0.4) is 0 Å². The molecule has 0 saturated heterocycles. The molecule has 0 saturated carbocycles. The fourth-order valence-corrected chi connectivity index (χ4v) is 3.99. The molecule has 35 heavy (non-hydrogen) atoms. The average Bonchev–Trinajstić information content (AvgIpc) is 3.50. The molecule has 182 valence electrons. The number of rotatable bonds is 12. The monoisotopic (exact) mass is 472 g/mol. The van der Waals surface area contributed by atoms with E-state index in [-0.39, 0.29) is 18.2 Å². The minimum Gasteiger partial charge on any atom is -0.461 e. The van der Waals surface area contributed by atoms with Gasteiger partial charge in [-0.25, -0.2) is 14.8 Å². The molecule has 4 rings (SSSR count). The second-order valence-electron chi connectivity index (χ2n) is 8.49. The molecule has 0 amide bonds. The van der Waals surface area contributed by atoms with E-state index in [1.165, 1.54) is 19.3 Å². The Balaban J connectivity index is 1.70. The molecule has 0 bridgehead atoms. The summed E-state index contributed by atoms with van der Waals surface area (Å²) in [6, 6.07) is 19.6. The number of ether oxygens (including phenoxy) is 1. The fraction of sp³-hybridized carbons (Fsp3) is 0.345. The van der Waals surface area contributed by atoms with Crippen molar-refractivity contribution < 1.29 is 18.4 Å². The van der Waals surface area contributed by atoms with Crippen LogP contribution in [0.15, 0.2) is 69.5 Å². The highest BCUT2D eigenvalue weighted by Crippen LogP contribution is 2.32. The Bertz CT molecular complexity index is 1210. The van der Waals surface area contributed by atoms with Gasteiger partial charge in [0.25, 0.3) is 0 Å². The van der Waals surface area contributed by atoms with Gasteiger partial charge in [-0.2, -0.15) is 0 Å². The molecule has 0 unspecified atom stereocenters. The number of unbranched alkanes of at least 4 members (excludes halogenated alkanes) is 4. The van der Waals surface area contributed by atoms with Crippen molar-refractivity contribution in [3.8, 4) is 23.0 Å². The van der Waals surface area contributed by atoms with Crippen molar-refractivity contribution in [2.75, 3.05) is 6.61 Å². The second kappa shape index (κ2) is 12.2. The first kappa shape index (κ1) is 24.5. The van der Waals surface area contributed by atoms with E-state index in [9.17, 15) is 4.79 Å². The van der Waals surface area contributed by atoms with Crippen LogP contribution in [0.25, 0.3) is 23.0 Å². The van der Waals surface area contributed by atoms with Crippen molar-refractivity contribution >= 4 is 5.97 Å². The second-order valence-corrected chi connectivity index (χ2v) is 8.49. The molecule has 0 aliphatic heterocycles. The third-order valence-electron chi connectivity index (χ3n) is 5.80. The van der Waals surface area contributed by atoms with Crippen LogP contribution in [0, 0.1) is 0 Å². The SMILES string of the molecule is CCCCCCCc1oc(-c2ccccc2)nc1-c1nc(C(=O)OCC)c(Cc2ccccc2)o1. The van der Waals surface area contributed by atoms with Crippen LogP contribution < -0.4 is 0 Å². The lowest BCUT2D eigenvalue weighted by molar-refractivity contribution is 0.0518. The molecule has 0 aliphatic rings. The molecule has 6 nitrogen and oxygen atoms in total. The maximum atomic E-state index is 12.7. The van der Waals surface area contributed by atoms with Crippen molar-refractivity contribution in [1.29, 1.82) is 0 Å². The predicted molar refractivity (Wildman–Crippen MR) is 135 cm³/mol. The first-order valence-corrected chi connectivity index (χ1v) is 12.5. The van der Waals surface area contributed by atoms with E-state index in [1.54, 1.807) is 6.92 Å². The van der Waals surface area contributed by atoms with Crippen molar-refractivity contribution in [2.45, 2.75) is 58.8 Å². The first-order chi connectivity index (χ1) is 17.2. The molecule has 4 aromatic rings. The number of aryl methyl sites for hydroxylation is 1. The minimum absolute atomic E-state index is 0.184. The van der Waals surface area contributed by atoms with E-state index >= 15 is 0 Å². The fourth-order valence-electron chi connectivity index (χ4n) is 3.99. The summed E-state index contributed by atoms with van der Waals surface area (Å²) >= 11 is 0. The zero-order valence-corrected chi connectivity index (χ0v) is 20.5. The topological polar surface area (TPSA) is 78.4 Å². The predicted octanol–water partition coefficient (Wildman–Crippen LogP) is 7.28. The Morgan fingerprint density at radius 1 is 0.800 bits per heavy atom. The quantitative estimate of drug-likeness (QED) is 0.159. The van der Waals surface area contributed by atoms with Crippen LogP contribution in [-0.4, -0.2) is 22.5 Å². The lowest BCUT2D eigenvalue weighted by Crippen LogP contribution is -2.08. The smallest absolute Gasteiger partial charge is 0.360 e. The normalized spacial score (nSPS) is 11.0. The van der Waals surface area contributed by atoms with E-state index in [4.69, 9.17) is 18.6 Å². The Morgan fingerprint density at radius 3 is 2.20 bits per heavy atom. The van der Waals surface area contributed by atoms with Gasteiger partial charge < -0.3 is 13.6 Å². The number of hydrogen-bond acceptors (Lipinski definition) is 6. The van der Waals surface area contributed by atoms with Gasteiger partial charge in [0.1, 0.15) is 11.5 Å². The van der Waals surface area contributed by atoms with Crippen molar-refractivity contribution in [3.63, 3.8) is 0 Å². The van der Waals surface area contributed by atoms with E-state index < -0.39 is 5.97 Å². The Labute approximate surface area is 206 Å². The maximum Gasteiger partial charge on any atom is 0.360 e. The third-order valence-corrected chi connectivity index (χ3v) is 5.80. The number of benzene rings is 2. The largest absolute Gasteiger partial charge is 0.461 e. The third kappa shape index (κ3) is 6.27. The molecule has 0 N–H and O–H groups in total. The van der Waals surface area contributed by atoms with E-state index in [0.29, 0.717) is 23.8 Å². The molecule has 6 heteroatoms. The van der Waals surface area contributed by atoms with Crippen LogP contribution >= 0.6 is 0 Å². The molecule has 0 fully saturated rings. The summed E-state index contributed by atoms with van der Waals surface area (Å²) in [4.78, 5) is 22.0. The number of esters is 1. The Morgan fingerprint density at radius 2 is 1.49 bits per heavy atom. The van der Waals surface area contributed by atoms with E-state index in [1.807, 2.05) is 60.7 Å². The lowest BCUT2D eigenvalue weighted by Gasteiger charge is -2.01. The van der Waals surface area contributed by atoms with Crippen molar-refractivity contribution in [2.24, 2.45) is 0 Å². The van der Waals surface area contributed by atoms with E-state index in [0.717, 1.165) is 36.1 Å². The zero-order chi connectivity index (χ0) is 24.5. The van der Waals surface area contributed by atoms with Gasteiger partial charge in [-0.3, -0.25) is 0 Å². The van der Waals surface area contributed by atoms with E-state index in [2.05, 4.69) is 11.9 Å². The molecule has 0 spiro atoms. The van der Waals surface area contributed by atoms with Crippen LogP contribution in [0.5, 0.6) is 0 Å².